The maximum Gasteiger partial charge on any atom is 0.246 e. The first-order chi connectivity index (χ1) is 11.1. The summed E-state index contributed by atoms with van der Waals surface area (Å²) in [5.41, 5.74) is 2.52. The van der Waals surface area contributed by atoms with Gasteiger partial charge in [-0.15, -0.1) is 11.3 Å². The second-order valence-corrected chi connectivity index (χ2v) is 6.99. The Labute approximate surface area is 141 Å². The molecule has 0 spiro atoms. The lowest BCUT2D eigenvalue weighted by molar-refractivity contribution is -0.126. The molecule has 1 aromatic heterocycles. The Morgan fingerprint density at radius 1 is 1.26 bits per heavy atom. The topological polar surface area (TPSA) is 23.6 Å². The molecule has 1 saturated heterocycles. The normalized spacial score (nSPS) is 18.6. The zero-order valence-electron chi connectivity index (χ0n) is 13.6. The first-order valence-electron chi connectivity index (χ1n) is 7.97. The average Bonchev–Trinajstić information content (AvgIpc) is 3.06. The van der Waals surface area contributed by atoms with Crippen molar-refractivity contribution in [2.75, 3.05) is 24.5 Å². The van der Waals surface area contributed by atoms with Crippen LogP contribution >= 0.6 is 11.3 Å². The van der Waals surface area contributed by atoms with E-state index in [0.29, 0.717) is 6.04 Å². The molecule has 1 aromatic carbocycles. The third kappa shape index (κ3) is 3.82. The van der Waals surface area contributed by atoms with Gasteiger partial charge in [0.15, 0.2) is 0 Å². The van der Waals surface area contributed by atoms with E-state index >= 15 is 0 Å². The number of aryl methyl sites for hydroxylation is 1. The number of piperazine rings is 1. The summed E-state index contributed by atoms with van der Waals surface area (Å²) in [5.74, 6) is 0.106. The molecule has 2 aromatic rings. The molecule has 1 atom stereocenters. The standard InChI is InChI=1S/C19H22N2OS/c1-15-5-3-6-17(13-15)21-11-10-20(14-16(21)2)19(22)9-8-18-7-4-12-23-18/h3-9,12-13,16H,10-11,14H2,1-2H3/b9-8+/t16-/m1/s1. The van der Waals surface area contributed by atoms with E-state index < -0.39 is 0 Å². The Hall–Kier alpha value is -2.07. The highest BCUT2D eigenvalue weighted by molar-refractivity contribution is 7.10. The van der Waals surface area contributed by atoms with Crippen LogP contribution in [0.5, 0.6) is 0 Å². The van der Waals surface area contributed by atoms with Crippen molar-refractivity contribution in [3.05, 3.63) is 58.3 Å². The Morgan fingerprint density at radius 2 is 2.13 bits per heavy atom. The van der Waals surface area contributed by atoms with Crippen molar-refractivity contribution in [3.8, 4) is 0 Å². The molecule has 1 amide bonds. The largest absolute Gasteiger partial charge is 0.365 e. The number of carbonyl (C=O) groups excluding carboxylic acids is 1. The fourth-order valence-electron chi connectivity index (χ4n) is 2.99. The molecule has 120 valence electrons. The van der Waals surface area contributed by atoms with Gasteiger partial charge in [0, 0.05) is 42.3 Å². The Bertz CT molecular complexity index is 693. The van der Waals surface area contributed by atoms with E-state index in [1.807, 2.05) is 28.5 Å². The highest BCUT2D eigenvalue weighted by atomic mass is 32.1. The summed E-state index contributed by atoms with van der Waals surface area (Å²) in [6.45, 7) is 6.71. The second kappa shape index (κ2) is 7.01. The molecule has 3 rings (SSSR count). The van der Waals surface area contributed by atoms with Crippen LogP contribution < -0.4 is 4.90 Å². The molecule has 1 aliphatic rings. The van der Waals surface area contributed by atoms with E-state index in [9.17, 15) is 4.79 Å². The number of hydrogen-bond donors (Lipinski definition) is 0. The fraction of sp³-hybridized carbons (Fsp3) is 0.316. The molecule has 0 bridgehead atoms. The summed E-state index contributed by atoms with van der Waals surface area (Å²) in [6.07, 6.45) is 3.60. The molecule has 1 aliphatic heterocycles. The van der Waals surface area contributed by atoms with Crippen molar-refractivity contribution in [1.29, 1.82) is 0 Å². The Morgan fingerprint density at radius 3 is 2.83 bits per heavy atom. The maximum absolute atomic E-state index is 12.4. The van der Waals surface area contributed by atoms with Crippen molar-refractivity contribution >= 4 is 29.0 Å². The van der Waals surface area contributed by atoms with E-state index in [4.69, 9.17) is 0 Å². The van der Waals surface area contributed by atoms with Crippen molar-refractivity contribution < 1.29 is 4.79 Å². The van der Waals surface area contributed by atoms with E-state index in [0.717, 1.165) is 24.5 Å². The van der Waals surface area contributed by atoms with Gasteiger partial charge in [0.05, 0.1) is 0 Å². The number of benzene rings is 1. The quantitative estimate of drug-likeness (QED) is 0.801. The smallest absolute Gasteiger partial charge is 0.246 e. The molecular formula is C19H22N2OS. The lowest BCUT2D eigenvalue weighted by Gasteiger charge is -2.41. The van der Waals surface area contributed by atoms with Gasteiger partial charge in [-0.25, -0.2) is 0 Å². The minimum Gasteiger partial charge on any atom is -0.365 e. The number of amides is 1. The Balaban J connectivity index is 1.63. The second-order valence-electron chi connectivity index (χ2n) is 6.01. The zero-order chi connectivity index (χ0) is 16.2. The van der Waals surface area contributed by atoms with Gasteiger partial charge in [-0.3, -0.25) is 4.79 Å². The summed E-state index contributed by atoms with van der Waals surface area (Å²) in [5, 5.41) is 2.02. The number of rotatable bonds is 3. The molecule has 0 aliphatic carbocycles. The van der Waals surface area contributed by atoms with Crippen LogP contribution in [-0.2, 0) is 4.79 Å². The van der Waals surface area contributed by atoms with Gasteiger partial charge in [-0.05, 0) is 49.1 Å². The molecule has 0 saturated carbocycles. The predicted molar refractivity (Wildman–Crippen MR) is 97.9 cm³/mol. The third-order valence-electron chi connectivity index (χ3n) is 4.21. The number of hydrogen-bond acceptors (Lipinski definition) is 3. The average molecular weight is 326 g/mol. The van der Waals surface area contributed by atoms with Crippen molar-refractivity contribution in [2.24, 2.45) is 0 Å². The molecule has 0 N–H and O–H groups in total. The third-order valence-corrected chi connectivity index (χ3v) is 5.04. The van der Waals surface area contributed by atoms with Crippen LogP contribution in [0.1, 0.15) is 17.4 Å². The minimum absolute atomic E-state index is 0.106. The van der Waals surface area contributed by atoms with Crippen LogP contribution in [0.15, 0.2) is 47.9 Å². The van der Waals surface area contributed by atoms with Crippen LogP contribution in [0.3, 0.4) is 0 Å². The van der Waals surface area contributed by atoms with Crippen LogP contribution in [0.4, 0.5) is 5.69 Å². The van der Waals surface area contributed by atoms with Gasteiger partial charge < -0.3 is 9.80 Å². The molecule has 23 heavy (non-hydrogen) atoms. The van der Waals surface area contributed by atoms with Crippen molar-refractivity contribution in [3.63, 3.8) is 0 Å². The number of nitrogens with zero attached hydrogens (tertiary/aromatic N) is 2. The van der Waals surface area contributed by atoms with Gasteiger partial charge in [0.25, 0.3) is 0 Å². The maximum atomic E-state index is 12.4. The SMILES string of the molecule is Cc1cccc(N2CCN(C(=O)/C=C/c3cccs3)C[C@H]2C)c1. The summed E-state index contributed by atoms with van der Waals surface area (Å²) in [6, 6.07) is 12.9. The molecular weight excluding hydrogens is 304 g/mol. The van der Waals surface area contributed by atoms with Crippen LogP contribution in [0, 0.1) is 6.92 Å². The van der Waals surface area contributed by atoms with Gasteiger partial charge in [-0.1, -0.05) is 18.2 Å². The summed E-state index contributed by atoms with van der Waals surface area (Å²) in [7, 11) is 0. The first-order valence-corrected chi connectivity index (χ1v) is 8.85. The van der Waals surface area contributed by atoms with E-state index in [1.54, 1.807) is 17.4 Å². The number of anilines is 1. The minimum atomic E-state index is 0.106. The molecule has 2 heterocycles. The van der Waals surface area contributed by atoms with E-state index in [1.165, 1.54) is 11.3 Å². The van der Waals surface area contributed by atoms with Crippen molar-refractivity contribution in [2.45, 2.75) is 19.9 Å². The Kier molecular flexibility index (Phi) is 4.82. The highest BCUT2D eigenvalue weighted by Gasteiger charge is 2.25. The molecule has 0 radical (unpaired) electrons. The molecule has 0 unspecified atom stereocenters. The van der Waals surface area contributed by atoms with Crippen LogP contribution in [0.25, 0.3) is 6.08 Å². The highest BCUT2D eigenvalue weighted by Crippen LogP contribution is 2.22. The molecule has 3 nitrogen and oxygen atoms in total. The zero-order valence-corrected chi connectivity index (χ0v) is 14.4. The monoisotopic (exact) mass is 326 g/mol. The van der Waals surface area contributed by atoms with E-state index in [2.05, 4.69) is 43.0 Å². The van der Waals surface area contributed by atoms with Gasteiger partial charge >= 0.3 is 0 Å². The first kappa shape index (κ1) is 15.8. The summed E-state index contributed by atoms with van der Waals surface area (Å²) >= 11 is 1.65. The summed E-state index contributed by atoms with van der Waals surface area (Å²) in [4.78, 5) is 17.8. The van der Waals surface area contributed by atoms with Gasteiger partial charge in [0.2, 0.25) is 5.91 Å². The van der Waals surface area contributed by atoms with Crippen LogP contribution in [-0.4, -0.2) is 36.5 Å². The predicted octanol–water partition coefficient (Wildman–Crippen LogP) is 3.81. The van der Waals surface area contributed by atoms with Gasteiger partial charge in [-0.2, -0.15) is 0 Å². The fourth-order valence-corrected chi connectivity index (χ4v) is 3.61. The number of carbonyl (C=O) groups is 1. The van der Waals surface area contributed by atoms with Crippen LogP contribution in [0.2, 0.25) is 0 Å². The lowest BCUT2D eigenvalue weighted by atomic mass is 10.1. The number of thiophene rings is 1. The van der Waals surface area contributed by atoms with Gasteiger partial charge in [0.1, 0.15) is 0 Å². The van der Waals surface area contributed by atoms with Crippen molar-refractivity contribution in [1.82, 2.24) is 4.90 Å². The summed E-state index contributed by atoms with van der Waals surface area (Å²) < 4.78 is 0. The lowest BCUT2D eigenvalue weighted by Crippen LogP contribution is -2.53. The van der Waals surface area contributed by atoms with E-state index in [-0.39, 0.29) is 5.91 Å². The molecule has 4 heteroatoms. The molecule has 1 fully saturated rings.